The summed E-state index contributed by atoms with van der Waals surface area (Å²) in [6, 6.07) is 2.39. The Morgan fingerprint density at radius 2 is 1.76 bits per heavy atom. The number of unbranched alkanes of at least 4 members (excludes halogenated alkanes) is 1. The molecule has 2 amide bonds. The summed E-state index contributed by atoms with van der Waals surface area (Å²) < 4.78 is 16.9. The average Bonchev–Trinajstić information content (AvgIpc) is 2.83. The number of phenolic OH excluding ortho intramolecular Hbond substituents is 1. The maximum absolute atomic E-state index is 13.2. The lowest BCUT2D eigenvalue weighted by molar-refractivity contribution is -0.180. The number of hydrogen-bond acceptors (Lipinski definition) is 9. The van der Waals surface area contributed by atoms with E-state index in [4.69, 9.17) is 14.2 Å². The molecule has 1 aromatic rings. The van der Waals surface area contributed by atoms with Crippen molar-refractivity contribution in [3.05, 3.63) is 23.8 Å². The molecule has 3 N–H and O–H groups in total. The van der Waals surface area contributed by atoms with Gasteiger partial charge >= 0.3 is 17.9 Å². The van der Waals surface area contributed by atoms with E-state index in [9.17, 15) is 29.1 Å². The Kier molecular flexibility index (Phi) is 10.0. The van der Waals surface area contributed by atoms with Gasteiger partial charge in [-0.05, 0) is 59.2 Å². The van der Waals surface area contributed by atoms with E-state index in [1.54, 1.807) is 20.8 Å². The van der Waals surface area contributed by atoms with E-state index in [2.05, 4.69) is 10.6 Å². The molecular weight excluding hydrogens is 484 g/mol. The summed E-state index contributed by atoms with van der Waals surface area (Å²) in [5.41, 5.74) is -0.766. The van der Waals surface area contributed by atoms with E-state index in [1.807, 2.05) is 6.92 Å². The monoisotopic (exact) mass is 520 g/mol. The van der Waals surface area contributed by atoms with Crippen LogP contribution in [0.25, 0.3) is 0 Å². The van der Waals surface area contributed by atoms with Crippen LogP contribution in [-0.4, -0.2) is 59.7 Å². The molecule has 0 bridgehead atoms. The minimum atomic E-state index is -1.38. The van der Waals surface area contributed by atoms with E-state index in [0.29, 0.717) is 19.3 Å². The second-order valence-electron chi connectivity index (χ2n) is 10.1. The molecule has 1 aliphatic rings. The molecule has 0 radical (unpaired) electrons. The molecule has 1 fully saturated rings. The lowest BCUT2D eigenvalue weighted by Crippen LogP contribution is -2.50. The molecule has 0 spiro atoms. The maximum atomic E-state index is 13.2. The number of carbonyl (C=O) groups is 5. The summed E-state index contributed by atoms with van der Waals surface area (Å²) in [4.78, 5) is 62.5. The zero-order valence-corrected chi connectivity index (χ0v) is 22.0. The van der Waals surface area contributed by atoms with Crippen LogP contribution < -0.4 is 10.6 Å². The Hall–Kier alpha value is -3.63. The first-order chi connectivity index (χ1) is 17.3. The Bertz CT molecular complexity index is 1020. The van der Waals surface area contributed by atoms with E-state index < -0.39 is 59.5 Å². The standard InChI is InChI=1S/C26H36N2O9/c1-7-8-9-17-21(37-25(34)26(4,5)6)15(3)36-24(33)20(14(2)35-23(17)32)28-22(31)16-10-11-18(27-13-29)19(30)12-16/h10-15,17,20-21,30H,7-9H2,1-6H3,(H,27,29)(H,28,31). The number of anilines is 1. The number of cyclic esters (lactones) is 2. The highest BCUT2D eigenvalue weighted by Crippen LogP contribution is 2.29. The van der Waals surface area contributed by atoms with Gasteiger partial charge in [-0.1, -0.05) is 19.8 Å². The summed E-state index contributed by atoms with van der Waals surface area (Å²) in [6.45, 7) is 9.94. The van der Waals surface area contributed by atoms with E-state index in [-0.39, 0.29) is 17.0 Å². The minimum Gasteiger partial charge on any atom is -0.506 e. The van der Waals surface area contributed by atoms with Gasteiger partial charge in [0, 0.05) is 5.56 Å². The van der Waals surface area contributed by atoms with E-state index >= 15 is 0 Å². The number of nitrogens with one attached hydrogen (secondary N) is 2. The molecule has 0 aromatic heterocycles. The summed E-state index contributed by atoms with van der Waals surface area (Å²) in [6.07, 6.45) is -1.04. The van der Waals surface area contributed by atoms with Gasteiger partial charge in [0.05, 0.1) is 17.0 Å². The normalized spacial score (nSPS) is 24.4. The molecule has 37 heavy (non-hydrogen) atoms. The van der Waals surface area contributed by atoms with Crippen LogP contribution in [0.3, 0.4) is 0 Å². The molecule has 1 heterocycles. The van der Waals surface area contributed by atoms with Crippen LogP contribution >= 0.6 is 0 Å². The van der Waals surface area contributed by atoms with Crippen LogP contribution in [0.15, 0.2) is 18.2 Å². The largest absolute Gasteiger partial charge is 0.506 e. The molecule has 11 nitrogen and oxygen atoms in total. The highest BCUT2D eigenvalue weighted by molar-refractivity contribution is 5.98. The van der Waals surface area contributed by atoms with Gasteiger partial charge in [0.25, 0.3) is 5.91 Å². The zero-order valence-electron chi connectivity index (χ0n) is 22.0. The van der Waals surface area contributed by atoms with Crippen molar-refractivity contribution in [2.45, 2.75) is 85.2 Å². The molecule has 1 aromatic carbocycles. The van der Waals surface area contributed by atoms with Crippen LogP contribution in [0.5, 0.6) is 5.75 Å². The van der Waals surface area contributed by atoms with Crippen molar-refractivity contribution in [1.29, 1.82) is 0 Å². The van der Waals surface area contributed by atoms with Crippen LogP contribution in [0.4, 0.5) is 5.69 Å². The average molecular weight is 521 g/mol. The number of ether oxygens (including phenoxy) is 3. The molecule has 1 saturated heterocycles. The summed E-state index contributed by atoms with van der Waals surface area (Å²) in [7, 11) is 0. The first kappa shape index (κ1) is 29.6. The number of benzene rings is 1. The predicted molar refractivity (Wildman–Crippen MR) is 133 cm³/mol. The quantitative estimate of drug-likeness (QED) is 0.203. The van der Waals surface area contributed by atoms with Gasteiger partial charge in [-0.2, -0.15) is 0 Å². The van der Waals surface area contributed by atoms with Crippen LogP contribution in [0, 0.1) is 11.3 Å². The molecule has 0 saturated carbocycles. The minimum absolute atomic E-state index is 0.00833. The van der Waals surface area contributed by atoms with Gasteiger partial charge in [0.2, 0.25) is 6.41 Å². The Morgan fingerprint density at radius 3 is 2.32 bits per heavy atom. The Morgan fingerprint density at radius 1 is 1.11 bits per heavy atom. The predicted octanol–water partition coefficient (Wildman–Crippen LogP) is 2.70. The lowest BCUT2D eigenvalue weighted by atomic mass is 9.91. The van der Waals surface area contributed by atoms with Crippen LogP contribution in [0.1, 0.15) is 71.2 Å². The number of amides is 2. The SMILES string of the molecule is CCCCC1C(=O)OC(C)C(NC(=O)c2ccc(NC=O)c(O)c2)C(=O)OC(C)C1OC(=O)C(C)(C)C. The number of phenols is 1. The fourth-order valence-corrected chi connectivity index (χ4v) is 3.76. The van der Waals surface area contributed by atoms with Gasteiger partial charge < -0.3 is 30.0 Å². The van der Waals surface area contributed by atoms with Crippen molar-refractivity contribution in [3.63, 3.8) is 0 Å². The van der Waals surface area contributed by atoms with Gasteiger partial charge in [-0.25, -0.2) is 4.79 Å². The second-order valence-corrected chi connectivity index (χ2v) is 10.1. The molecule has 0 aliphatic carbocycles. The number of carbonyl (C=O) groups excluding carboxylic acids is 5. The van der Waals surface area contributed by atoms with Crippen molar-refractivity contribution in [3.8, 4) is 5.75 Å². The first-order valence-corrected chi connectivity index (χ1v) is 12.3. The summed E-state index contributed by atoms with van der Waals surface area (Å²) >= 11 is 0. The van der Waals surface area contributed by atoms with Crippen LogP contribution in [0.2, 0.25) is 0 Å². The number of hydrogen-bond donors (Lipinski definition) is 3. The highest BCUT2D eigenvalue weighted by Gasteiger charge is 2.44. The third kappa shape index (κ3) is 7.68. The molecule has 11 heteroatoms. The maximum Gasteiger partial charge on any atom is 0.332 e. The number of aromatic hydroxyl groups is 1. The third-order valence-corrected chi connectivity index (χ3v) is 5.97. The Balaban J connectivity index is 2.34. The Labute approximate surface area is 216 Å². The van der Waals surface area contributed by atoms with Crippen molar-refractivity contribution in [2.75, 3.05) is 5.32 Å². The summed E-state index contributed by atoms with van der Waals surface area (Å²) in [5, 5.41) is 14.8. The van der Waals surface area contributed by atoms with Crippen molar-refractivity contribution < 1.29 is 43.3 Å². The summed E-state index contributed by atoms with van der Waals surface area (Å²) in [5.74, 6) is -4.08. The molecule has 204 valence electrons. The number of esters is 3. The zero-order chi connectivity index (χ0) is 27.9. The van der Waals surface area contributed by atoms with E-state index in [0.717, 1.165) is 12.5 Å². The fraction of sp³-hybridized carbons (Fsp3) is 0.577. The molecule has 2 rings (SSSR count). The smallest absolute Gasteiger partial charge is 0.332 e. The molecule has 5 atom stereocenters. The van der Waals surface area contributed by atoms with Gasteiger partial charge in [-0.15, -0.1) is 0 Å². The lowest BCUT2D eigenvalue weighted by Gasteiger charge is -2.31. The number of rotatable bonds is 8. The van der Waals surface area contributed by atoms with Gasteiger partial charge in [0.15, 0.2) is 12.1 Å². The molecule has 5 unspecified atom stereocenters. The highest BCUT2D eigenvalue weighted by atomic mass is 16.6. The van der Waals surface area contributed by atoms with Crippen molar-refractivity contribution >= 4 is 35.9 Å². The second kappa shape index (κ2) is 12.6. The fourth-order valence-electron chi connectivity index (χ4n) is 3.76. The van der Waals surface area contributed by atoms with E-state index in [1.165, 1.54) is 26.0 Å². The van der Waals surface area contributed by atoms with Crippen molar-refractivity contribution in [1.82, 2.24) is 5.32 Å². The third-order valence-electron chi connectivity index (χ3n) is 5.97. The topological polar surface area (TPSA) is 157 Å². The first-order valence-electron chi connectivity index (χ1n) is 12.3. The molecular formula is C26H36N2O9. The molecule has 1 aliphatic heterocycles. The van der Waals surface area contributed by atoms with Crippen LogP contribution in [-0.2, 0) is 33.4 Å². The van der Waals surface area contributed by atoms with Gasteiger partial charge in [-0.3, -0.25) is 19.2 Å². The van der Waals surface area contributed by atoms with Gasteiger partial charge in [0.1, 0.15) is 18.0 Å². The van der Waals surface area contributed by atoms with Crippen molar-refractivity contribution in [2.24, 2.45) is 11.3 Å².